The Labute approximate surface area is 107 Å². The second-order valence-corrected chi connectivity index (χ2v) is 4.43. The van der Waals surface area contributed by atoms with Gasteiger partial charge in [-0.25, -0.2) is 9.97 Å². The molecular weight excluding hydrogens is 226 g/mol. The summed E-state index contributed by atoms with van der Waals surface area (Å²) in [4.78, 5) is 8.86. The van der Waals surface area contributed by atoms with Crippen LogP contribution in [-0.2, 0) is 0 Å². The Morgan fingerprint density at radius 2 is 1.61 bits per heavy atom. The second kappa shape index (κ2) is 4.64. The maximum Gasteiger partial charge on any atom is 0.161 e. The quantitative estimate of drug-likeness (QED) is 0.851. The van der Waals surface area contributed by atoms with E-state index in [-0.39, 0.29) is 0 Å². The predicted molar refractivity (Wildman–Crippen MR) is 72.9 cm³/mol. The Balaban J connectivity index is 2.58. The Bertz CT molecular complexity index is 571. The van der Waals surface area contributed by atoms with Crippen LogP contribution in [0.1, 0.15) is 16.8 Å². The van der Waals surface area contributed by atoms with Crippen LogP contribution in [0.4, 0.5) is 5.82 Å². The molecule has 4 nitrogen and oxygen atoms in total. The van der Waals surface area contributed by atoms with Crippen LogP contribution in [0.5, 0.6) is 5.75 Å². The highest BCUT2D eigenvalue weighted by molar-refractivity contribution is 5.62. The van der Waals surface area contributed by atoms with Gasteiger partial charge in [-0.3, -0.25) is 0 Å². The van der Waals surface area contributed by atoms with Gasteiger partial charge in [0.1, 0.15) is 11.6 Å². The number of nitrogens with one attached hydrogen (secondary N) is 1. The molecule has 0 atom stereocenters. The van der Waals surface area contributed by atoms with Gasteiger partial charge in [0.15, 0.2) is 5.82 Å². The third kappa shape index (κ3) is 2.27. The molecule has 0 aliphatic rings. The van der Waals surface area contributed by atoms with Crippen molar-refractivity contribution in [2.24, 2.45) is 0 Å². The first-order chi connectivity index (χ1) is 8.51. The first kappa shape index (κ1) is 12.4. The van der Waals surface area contributed by atoms with Crippen molar-refractivity contribution in [1.82, 2.24) is 9.97 Å². The van der Waals surface area contributed by atoms with E-state index in [9.17, 15) is 5.11 Å². The molecule has 2 rings (SSSR count). The number of phenols is 1. The van der Waals surface area contributed by atoms with Crippen LogP contribution in [0.15, 0.2) is 18.2 Å². The molecule has 2 N–H and O–H groups in total. The number of rotatable bonds is 2. The summed E-state index contributed by atoms with van der Waals surface area (Å²) >= 11 is 0. The van der Waals surface area contributed by atoms with Gasteiger partial charge in [0.2, 0.25) is 0 Å². The van der Waals surface area contributed by atoms with Crippen molar-refractivity contribution in [3.8, 4) is 17.1 Å². The molecule has 1 aromatic heterocycles. The van der Waals surface area contributed by atoms with Crippen LogP contribution in [-0.4, -0.2) is 22.1 Å². The highest BCUT2D eigenvalue weighted by atomic mass is 16.3. The zero-order valence-electron chi connectivity index (χ0n) is 11.1. The lowest BCUT2D eigenvalue weighted by Gasteiger charge is -2.09. The van der Waals surface area contributed by atoms with E-state index in [2.05, 4.69) is 15.3 Å². The summed E-state index contributed by atoms with van der Waals surface area (Å²) in [5.41, 5.74) is 3.50. The van der Waals surface area contributed by atoms with E-state index in [0.29, 0.717) is 11.6 Å². The summed E-state index contributed by atoms with van der Waals surface area (Å²) in [6.07, 6.45) is 0. The third-order valence-electron chi connectivity index (χ3n) is 2.86. The minimum atomic E-state index is 0.334. The zero-order chi connectivity index (χ0) is 13.3. The van der Waals surface area contributed by atoms with Crippen molar-refractivity contribution in [3.63, 3.8) is 0 Å². The van der Waals surface area contributed by atoms with Gasteiger partial charge in [0, 0.05) is 24.4 Å². The van der Waals surface area contributed by atoms with E-state index in [0.717, 1.165) is 28.2 Å². The van der Waals surface area contributed by atoms with Crippen LogP contribution in [0, 0.1) is 20.8 Å². The number of phenolic OH excluding ortho intramolecular Hbond substituents is 1. The maximum absolute atomic E-state index is 9.78. The van der Waals surface area contributed by atoms with E-state index in [1.807, 2.05) is 46.0 Å². The molecule has 0 fully saturated rings. The predicted octanol–water partition coefficient (Wildman–Crippen LogP) is 2.82. The summed E-state index contributed by atoms with van der Waals surface area (Å²) in [5, 5.41) is 12.8. The maximum atomic E-state index is 9.78. The largest absolute Gasteiger partial charge is 0.507 e. The number of anilines is 1. The molecule has 0 saturated heterocycles. The zero-order valence-corrected chi connectivity index (χ0v) is 11.1. The number of benzene rings is 1. The number of aromatic nitrogens is 2. The van der Waals surface area contributed by atoms with Gasteiger partial charge in [0.25, 0.3) is 0 Å². The lowest BCUT2D eigenvalue weighted by Crippen LogP contribution is -1.99. The summed E-state index contributed by atoms with van der Waals surface area (Å²) in [6.45, 7) is 5.69. The third-order valence-corrected chi connectivity index (χ3v) is 2.86. The number of hydrogen-bond donors (Lipinski definition) is 2. The van der Waals surface area contributed by atoms with Crippen molar-refractivity contribution in [2.45, 2.75) is 20.8 Å². The molecule has 0 aliphatic carbocycles. The van der Waals surface area contributed by atoms with E-state index < -0.39 is 0 Å². The van der Waals surface area contributed by atoms with E-state index in [1.165, 1.54) is 0 Å². The van der Waals surface area contributed by atoms with Crippen molar-refractivity contribution in [2.75, 3.05) is 12.4 Å². The van der Waals surface area contributed by atoms with Gasteiger partial charge in [-0.2, -0.15) is 0 Å². The molecule has 0 radical (unpaired) electrons. The Morgan fingerprint density at radius 1 is 1.00 bits per heavy atom. The van der Waals surface area contributed by atoms with Crippen LogP contribution in [0.25, 0.3) is 11.4 Å². The molecule has 0 spiro atoms. The second-order valence-electron chi connectivity index (χ2n) is 4.43. The first-order valence-electron chi connectivity index (χ1n) is 5.85. The molecular formula is C14H17N3O. The monoisotopic (exact) mass is 243 g/mol. The number of hydrogen-bond acceptors (Lipinski definition) is 4. The highest BCUT2D eigenvalue weighted by Crippen LogP contribution is 2.27. The lowest BCUT2D eigenvalue weighted by molar-refractivity contribution is 0.467. The van der Waals surface area contributed by atoms with Gasteiger partial charge < -0.3 is 10.4 Å². The van der Waals surface area contributed by atoms with Gasteiger partial charge in [-0.1, -0.05) is 0 Å². The average molecular weight is 243 g/mol. The summed E-state index contributed by atoms with van der Waals surface area (Å²) in [5.74, 6) is 1.80. The van der Waals surface area contributed by atoms with Crippen molar-refractivity contribution in [3.05, 3.63) is 35.0 Å². The molecule has 94 valence electrons. The standard InChI is InChI=1S/C14H17N3O/c1-8-5-11(6-9(2)13(8)18)14-16-10(3)7-12(15-4)17-14/h5-7,18H,1-4H3,(H,15,16,17). The molecule has 1 heterocycles. The van der Waals surface area contributed by atoms with Crippen LogP contribution < -0.4 is 5.32 Å². The molecule has 1 aromatic carbocycles. The summed E-state index contributed by atoms with van der Waals surface area (Å²) in [7, 11) is 1.83. The fraction of sp³-hybridized carbons (Fsp3) is 0.286. The Hall–Kier alpha value is -2.10. The molecule has 0 bridgehead atoms. The van der Waals surface area contributed by atoms with E-state index >= 15 is 0 Å². The number of nitrogens with zero attached hydrogens (tertiary/aromatic N) is 2. The fourth-order valence-electron chi connectivity index (χ4n) is 1.91. The number of aryl methyl sites for hydroxylation is 3. The smallest absolute Gasteiger partial charge is 0.161 e. The number of aromatic hydroxyl groups is 1. The van der Waals surface area contributed by atoms with E-state index in [1.54, 1.807) is 0 Å². The van der Waals surface area contributed by atoms with Crippen molar-refractivity contribution in [1.29, 1.82) is 0 Å². The summed E-state index contributed by atoms with van der Waals surface area (Å²) in [6, 6.07) is 5.69. The SMILES string of the molecule is CNc1cc(C)nc(-c2cc(C)c(O)c(C)c2)n1. The first-order valence-corrected chi connectivity index (χ1v) is 5.85. The van der Waals surface area contributed by atoms with Crippen molar-refractivity contribution >= 4 is 5.82 Å². The molecule has 18 heavy (non-hydrogen) atoms. The topological polar surface area (TPSA) is 58.0 Å². The molecule has 0 saturated carbocycles. The molecule has 0 unspecified atom stereocenters. The van der Waals surface area contributed by atoms with Crippen LogP contribution in [0.2, 0.25) is 0 Å². The van der Waals surface area contributed by atoms with Gasteiger partial charge in [-0.05, 0) is 44.0 Å². The Kier molecular flexibility index (Phi) is 3.19. The minimum Gasteiger partial charge on any atom is -0.507 e. The average Bonchev–Trinajstić information content (AvgIpc) is 2.34. The van der Waals surface area contributed by atoms with Crippen LogP contribution >= 0.6 is 0 Å². The molecule has 2 aromatic rings. The van der Waals surface area contributed by atoms with E-state index in [4.69, 9.17) is 0 Å². The van der Waals surface area contributed by atoms with Gasteiger partial charge >= 0.3 is 0 Å². The van der Waals surface area contributed by atoms with Crippen LogP contribution in [0.3, 0.4) is 0 Å². The highest BCUT2D eigenvalue weighted by Gasteiger charge is 2.08. The summed E-state index contributed by atoms with van der Waals surface area (Å²) < 4.78 is 0. The Morgan fingerprint density at radius 3 is 2.17 bits per heavy atom. The molecule has 0 aliphatic heterocycles. The van der Waals surface area contributed by atoms with Crippen molar-refractivity contribution < 1.29 is 5.11 Å². The molecule has 4 heteroatoms. The fourth-order valence-corrected chi connectivity index (χ4v) is 1.91. The minimum absolute atomic E-state index is 0.334. The lowest BCUT2D eigenvalue weighted by atomic mass is 10.1. The van der Waals surface area contributed by atoms with Gasteiger partial charge in [0.05, 0.1) is 0 Å². The molecule has 0 amide bonds. The van der Waals surface area contributed by atoms with Gasteiger partial charge in [-0.15, -0.1) is 0 Å². The normalized spacial score (nSPS) is 10.4.